The predicted octanol–water partition coefficient (Wildman–Crippen LogP) is 6.48. The maximum atomic E-state index is 12.7. The van der Waals surface area contributed by atoms with Gasteiger partial charge >= 0.3 is 6.18 Å². The Morgan fingerprint density at radius 2 is 1.67 bits per heavy atom. The van der Waals surface area contributed by atoms with Crippen molar-refractivity contribution in [1.82, 2.24) is 0 Å². The molecular weight excluding hydrogens is 360 g/mol. The Labute approximate surface area is 159 Å². The number of ether oxygens (including phenoxy) is 2. The average Bonchev–Trinajstić information content (AvgIpc) is 2.65. The van der Waals surface area contributed by atoms with Gasteiger partial charge in [0.25, 0.3) is 6.36 Å². The number of benzene rings is 1. The molecule has 0 heterocycles. The van der Waals surface area contributed by atoms with Crippen LogP contribution in [0.25, 0.3) is 0 Å². The molecule has 0 aliphatic heterocycles. The third-order valence-corrected chi connectivity index (χ3v) is 5.25. The largest absolute Gasteiger partial charge is 0.493 e. The molecule has 0 bridgehead atoms. The minimum absolute atomic E-state index is 0.221. The summed E-state index contributed by atoms with van der Waals surface area (Å²) in [6, 6.07) is 7.17. The normalized spacial score (nSPS) is 21.8. The molecule has 2 nitrogen and oxygen atoms in total. The lowest BCUT2D eigenvalue weighted by atomic mass is 9.80. The van der Waals surface area contributed by atoms with Gasteiger partial charge in [0, 0.05) is 0 Å². The molecule has 0 radical (unpaired) electrons. The minimum Gasteiger partial charge on any atom is -0.493 e. The van der Waals surface area contributed by atoms with Gasteiger partial charge < -0.3 is 9.47 Å². The second-order valence-electron chi connectivity index (χ2n) is 7.46. The molecule has 1 saturated carbocycles. The summed E-state index contributed by atoms with van der Waals surface area (Å²) in [5, 5.41) is 0. The third kappa shape index (κ3) is 8.08. The van der Waals surface area contributed by atoms with Gasteiger partial charge in [0.15, 0.2) is 0 Å². The first-order valence-electron chi connectivity index (χ1n) is 9.92. The van der Waals surface area contributed by atoms with Crippen LogP contribution in [0.2, 0.25) is 0 Å². The second-order valence-corrected chi connectivity index (χ2v) is 7.46. The molecule has 1 aromatic rings. The molecule has 1 unspecified atom stereocenters. The van der Waals surface area contributed by atoms with Crippen molar-refractivity contribution in [1.29, 1.82) is 0 Å². The van der Waals surface area contributed by atoms with Crippen molar-refractivity contribution in [3.05, 3.63) is 29.8 Å². The zero-order chi connectivity index (χ0) is 19.7. The van der Waals surface area contributed by atoms with Crippen molar-refractivity contribution < 1.29 is 27.0 Å². The lowest BCUT2D eigenvalue weighted by Gasteiger charge is -2.28. The van der Waals surface area contributed by atoms with E-state index in [1.807, 2.05) is 0 Å². The zero-order valence-electron chi connectivity index (χ0n) is 15.9. The summed E-state index contributed by atoms with van der Waals surface area (Å²) in [4.78, 5) is 0. The van der Waals surface area contributed by atoms with E-state index in [1.54, 1.807) is 24.3 Å². The topological polar surface area (TPSA) is 18.5 Å². The highest BCUT2D eigenvalue weighted by atomic mass is 19.4. The van der Waals surface area contributed by atoms with Crippen LogP contribution in [-0.4, -0.2) is 25.7 Å². The SMILES string of the molecule is CCCCC1CCC(COc2ccc(CCOC(F)C(F)(F)F)cc2)CC1. The van der Waals surface area contributed by atoms with Crippen LogP contribution in [0.15, 0.2) is 24.3 Å². The van der Waals surface area contributed by atoms with E-state index in [4.69, 9.17) is 4.74 Å². The monoisotopic (exact) mass is 390 g/mol. The van der Waals surface area contributed by atoms with Crippen LogP contribution >= 0.6 is 0 Å². The van der Waals surface area contributed by atoms with Crippen molar-refractivity contribution in [2.24, 2.45) is 11.8 Å². The first kappa shape index (κ1) is 22.0. The molecule has 0 saturated heterocycles. The number of alkyl halides is 4. The summed E-state index contributed by atoms with van der Waals surface area (Å²) >= 11 is 0. The number of rotatable bonds is 10. The molecular formula is C21H30F4O2. The maximum absolute atomic E-state index is 12.7. The van der Waals surface area contributed by atoms with E-state index >= 15 is 0 Å². The van der Waals surface area contributed by atoms with E-state index in [-0.39, 0.29) is 13.0 Å². The molecule has 0 aromatic heterocycles. The van der Waals surface area contributed by atoms with Crippen LogP contribution in [0.1, 0.15) is 57.4 Å². The summed E-state index contributed by atoms with van der Waals surface area (Å²) in [5.74, 6) is 2.23. The van der Waals surface area contributed by atoms with Gasteiger partial charge in [-0.1, -0.05) is 51.2 Å². The summed E-state index contributed by atoms with van der Waals surface area (Å²) in [6.07, 6.45) is 0.985. The van der Waals surface area contributed by atoms with Gasteiger partial charge in [0.05, 0.1) is 13.2 Å². The van der Waals surface area contributed by atoms with Crippen molar-refractivity contribution in [2.75, 3.05) is 13.2 Å². The van der Waals surface area contributed by atoms with Crippen LogP contribution < -0.4 is 4.74 Å². The van der Waals surface area contributed by atoms with Crippen molar-refractivity contribution in [3.8, 4) is 5.75 Å². The van der Waals surface area contributed by atoms with E-state index < -0.39 is 12.5 Å². The fraction of sp³-hybridized carbons (Fsp3) is 0.714. The van der Waals surface area contributed by atoms with Gasteiger partial charge in [-0.3, -0.25) is 0 Å². The fourth-order valence-corrected chi connectivity index (χ4v) is 3.52. The van der Waals surface area contributed by atoms with Crippen LogP contribution in [0, 0.1) is 11.8 Å². The first-order valence-corrected chi connectivity index (χ1v) is 9.92. The zero-order valence-corrected chi connectivity index (χ0v) is 15.9. The first-order chi connectivity index (χ1) is 12.9. The molecule has 0 amide bonds. The van der Waals surface area contributed by atoms with Crippen LogP contribution in [0.3, 0.4) is 0 Å². The Hall–Kier alpha value is -1.30. The molecule has 2 rings (SSSR count). The Balaban J connectivity index is 1.64. The number of halogens is 4. The molecule has 154 valence electrons. The molecule has 1 fully saturated rings. The lowest BCUT2D eigenvalue weighted by Crippen LogP contribution is -2.27. The van der Waals surface area contributed by atoms with Crippen LogP contribution in [-0.2, 0) is 11.2 Å². The van der Waals surface area contributed by atoms with Crippen molar-refractivity contribution >= 4 is 0 Å². The quantitative estimate of drug-likeness (QED) is 0.426. The Morgan fingerprint density at radius 3 is 2.26 bits per heavy atom. The predicted molar refractivity (Wildman–Crippen MR) is 97.5 cm³/mol. The van der Waals surface area contributed by atoms with Crippen molar-refractivity contribution in [3.63, 3.8) is 0 Å². The Bertz CT molecular complexity index is 522. The highest BCUT2D eigenvalue weighted by molar-refractivity contribution is 5.27. The molecule has 1 aliphatic carbocycles. The summed E-state index contributed by atoms with van der Waals surface area (Å²) < 4.78 is 58.8. The Kier molecular flexibility index (Phi) is 8.87. The van der Waals surface area contributed by atoms with Gasteiger partial charge in [-0.25, -0.2) is 4.39 Å². The maximum Gasteiger partial charge on any atom is 0.445 e. The standard InChI is InChI=1S/C21H30F4O2/c1-2-3-4-16-5-7-18(8-6-16)15-27-19-11-9-17(10-12-19)13-14-26-20(22)21(23,24)25/h9-12,16,18,20H,2-8,13-15H2,1H3. The second kappa shape index (κ2) is 10.9. The molecule has 0 spiro atoms. The van der Waals surface area contributed by atoms with Gasteiger partial charge in [-0.15, -0.1) is 0 Å². The Morgan fingerprint density at radius 1 is 1.04 bits per heavy atom. The summed E-state index contributed by atoms with van der Waals surface area (Å²) in [7, 11) is 0. The number of hydrogen-bond donors (Lipinski definition) is 0. The van der Waals surface area contributed by atoms with Gasteiger partial charge in [0.1, 0.15) is 5.75 Å². The van der Waals surface area contributed by atoms with E-state index in [1.165, 1.54) is 44.9 Å². The average molecular weight is 390 g/mol. The molecule has 27 heavy (non-hydrogen) atoms. The summed E-state index contributed by atoms with van der Waals surface area (Å²) in [6.45, 7) is 2.62. The smallest absolute Gasteiger partial charge is 0.445 e. The van der Waals surface area contributed by atoms with E-state index in [0.717, 1.165) is 17.2 Å². The van der Waals surface area contributed by atoms with Gasteiger partial charge in [0.2, 0.25) is 0 Å². The van der Waals surface area contributed by atoms with E-state index in [0.29, 0.717) is 12.5 Å². The van der Waals surface area contributed by atoms with Gasteiger partial charge in [-0.05, 0) is 48.8 Å². The number of hydrogen-bond acceptors (Lipinski definition) is 2. The molecule has 1 aliphatic rings. The highest BCUT2D eigenvalue weighted by Gasteiger charge is 2.41. The van der Waals surface area contributed by atoms with E-state index in [2.05, 4.69) is 11.7 Å². The van der Waals surface area contributed by atoms with Gasteiger partial charge in [-0.2, -0.15) is 13.2 Å². The minimum atomic E-state index is -4.97. The molecule has 1 aromatic carbocycles. The molecule has 1 atom stereocenters. The highest BCUT2D eigenvalue weighted by Crippen LogP contribution is 2.32. The van der Waals surface area contributed by atoms with Crippen LogP contribution in [0.4, 0.5) is 17.6 Å². The summed E-state index contributed by atoms with van der Waals surface area (Å²) in [5.41, 5.74) is 0.785. The molecule has 0 N–H and O–H groups in total. The third-order valence-electron chi connectivity index (χ3n) is 5.25. The van der Waals surface area contributed by atoms with E-state index in [9.17, 15) is 17.6 Å². The number of unbranched alkanes of at least 4 members (excludes halogenated alkanes) is 1. The fourth-order valence-electron chi connectivity index (χ4n) is 3.52. The van der Waals surface area contributed by atoms with Crippen LogP contribution in [0.5, 0.6) is 5.75 Å². The lowest BCUT2D eigenvalue weighted by molar-refractivity contribution is -0.264. The van der Waals surface area contributed by atoms with Crippen molar-refractivity contribution in [2.45, 2.75) is 70.8 Å². The molecule has 6 heteroatoms.